The van der Waals surface area contributed by atoms with Gasteiger partial charge in [0.05, 0.1) is 17.2 Å². The number of aromatic hydroxyl groups is 1. The summed E-state index contributed by atoms with van der Waals surface area (Å²) >= 11 is 0. The number of nitrogen functional groups attached to an aromatic ring is 1. The molecule has 0 unspecified atom stereocenters. The molecule has 6 nitrogen and oxygen atoms in total. The number of nitrogens with zero attached hydrogens (tertiary/aromatic N) is 1. The third-order valence-electron chi connectivity index (χ3n) is 2.29. The van der Waals surface area contributed by atoms with Gasteiger partial charge in [0.1, 0.15) is 5.75 Å². The van der Waals surface area contributed by atoms with Gasteiger partial charge >= 0.3 is 0 Å². The smallest absolute Gasteiger partial charge is 0.265 e. The molecule has 16 heavy (non-hydrogen) atoms. The molecule has 1 fully saturated rings. The zero-order chi connectivity index (χ0) is 11.8. The van der Waals surface area contributed by atoms with Crippen molar-refractivity contribution >= 4 is 15.7 Å². The quantitative estimate of drug-likeness (QED) is 0.576. The summed E-state index contributed by atoms with van der Waals surface area (Å²) in [5.41, 5.74) is 5.47. The highest BCUT2D eigenvalue weighted by Crippen LogP contribution is 2.26. The van der Waals surface area contributed by atoms with Crippen molar-refractivity contribution in [2.24, 2.45) is 0 Å². The molecule has 0 atom stereocenters. The lowest BCUT2D eigenvalue weighted by Gasteiger charge is -2.14. The molecule has 0 aromatic heterocycles. The molecule has 1 heterocycles. The topological polar surface area (TPSA) is 92.9 Å². The summed E-state index contributed by atoms with van der Waals surface area (Å²) in [4.78, 5) is 5.00. The van der Waals surface area contributed by atoms with Crippen LogP contribution in [0.3, 0.4) is 0 Å². The first-order valence-electron chi connectivity index (χ1n) is 4.76. The normalized spacial score (nSPS) is 17.8. The van der Waals surface area contributed by atoms with Gasteiger partial charge in [-0.1, -0.05) is 4.47 Å². The summed E-state index contributed by atoms with van der Waals surface area (Å²) in [6, 6.07) is 3.76. The van der Waals surface area contributed by atoms with Gasteiger partial charge < -0.3 is 10.8 Å². The molecule has 0 aliphatic carbocycles. The summed E-state index contributed by atoms with van der Waals surface area (Å²) in [7, 11) is -3.66. The summed E-state index contributed by atoms with van der Waals surface area (Å²) in [5.74, 6) is -0.138. The Balaban J connectivity index is 2.39. The highest BCUT2D eigenvalue weighted by atomic mass is 32.2. The molecule has 7 heteroatoms. The monoisotopic (exact) mass is 244 g/mol. The van der Waals surface area contributed by atoms with Gasteiger partial charge in [0.25, 0.3) is 10.0 Å². The van der Waals surface area contributed by atoms with Crippen molar-refractivity contribution in [1.29, 1.82) is 0 Å². The molecule has 88 valence electrons. The van der Waals surface area contributed by atoms with E-state index < -0.39 is 10.0 Å². The maximum Gasteiger partial charge on any atom is 0.265 e. The van der Waals surface area contributed by atoms with Crippen molar-refractivity contribution in [1.82, 2.24) is 4.47 Å². The predicted molar refractivity (Wildman–Crippen MR) is 57.0 cm³/mol. The van der Waals surface area contributed by atoms with Gasteiger partial charge in [-0.3, -0.25) is 4.84 Å². The van der Waals surface area contributed by atoms with Gasteiger partial charge in [0.15, 0.2) is 0 Å². The van der Waals surface area contributed by atoms with Crippen LogP contribution in [0.4, 0.5) is 5.69 Å². The van der Waals surface area contributed by atoms with Crippen LogP contribution in [0.15, 0.2) is 23.1 Å². The highest BCUT2D eigenvalue weighted by molar-refractivity contribution is 7.89. The van der Waals surface area contributed by atoms with Crippen molar-refractivity contribution in [3.05, 3.63) is 18.2 Å². The molecule has 3 N–H and O–H groups in total. The van der Waals surface area contributed by atoms with E-state index in [0.29, 0.717) is 19.6 Å². The van der Waals surface area contributed by atoms with Crippen LogP contribution < -0.4 is 5.73 Å². The summed E-state index contributed by atoms with van der Waals surface area (Å²) in [5, 5.41) is 9.21. The first kappa shape index (κ1) is 11.2. The van der Waals surface area contributed by atoms with Crippen LogP contribution >= 0.6 is 0 Å². The minimum atomic E-state index is -3.66. The molecule has 0 spiro atoms. The van der Waals surface area contributed by atoms with E-state index in [4.69, 9.17) is 10.6 Å². The first-order valence-corrected chi connectivity index (χ1v) is 6.20. The minimum Gasteiger partial charge on any atom is -0.506 e. The van der Waals surface area contributed by atoms with Crippen LogP contribution in [-0.4, -0.2) is 31.1 Å². The number of anilines is 1. The van der Waals surface area contributed by atoms with Crippen molar-refractivity contribution in [2.45, 2.75) is 11.3 Å². The zero-order valence-electron chi connectivity index (χ0n) is 8.46. The Kier molecular flexibility index (Phi) is 2.75. The van der Waals surface area contributed by atoms with E-state index in [9.17, 15) is 13.5 Å². The third-order valence-corrected chi connectivity index (χ3v) is 3.96. The van der Waals surface area contributed by atoms with E-state index in [1.165, 1.54) is 18.2 Å². The number of rotatable bonds is 2. The molecule has 0 saturated carbocycles. The molecular weight excluding hydrogens is 232 g/mol. The lowest BCUT2D eigenvalue weighted by molar-refractivity contribution is -0.0284. The van der Waals surface area contributed by atoms with Crippen molar-refractivity contribution < 1.29 is 18.4 Å². The highest BCUT2D eigenvalue weighted by Gasteiger charge is 2.28. The summed E-state index contributed by atoms with van der Waals surface area (Å²) in [6.07, 6.45) is 0.673. The fraction of sp³-hybridized carbons (Fsp3) is 0.333. The Morgan fingerprint density at radius 2 is 2.19 bits per heavy atom. The lowest BCUT2D eigenvalue weighted by Crippen LogP contribution is -2.26. The standard InChI is InChI=1S/C9H12N2O4S/c10-8-6-7(2-3-9(8)12)16(13,14)11-4-1-5-15-11/h2-3,6,12H,1,4-5,10H2. The second-order valence-electron chi connectivity index (χ2n) is 3.44. The number of benzene rings is 1. The Bertz CT molecular complexity index is 494. The van der Waals surface area contributed by atoms with Crippen molar-refractivity contribution in [2.75, 3.05) is 18.9 Å². The molecule has 1 aromatic carbocycles. The largest absolute Gasteiger partial charge is 0.506 e. The molecule has 0 bridgehead atoms. The lowest BCUT2D eigenvalue weighted by atomic mass is 10.3. The number of phenols is 1. The minimum absolute atomic E-state index is 0.0182. The molecule has 1 aromatic rings. The molecule has 0 radical (unpaired) electrons. The van der Waals surface area contributed by atoms with Gasteiger partial charge in [-0.25, -0.2) is 8.42 Å². The maximum absolute atomic E-state index is 12.0. The predicted octanol–water partition coefficient (Wildman–Crippen LogP) is 0.300. The fourth-order valence-electron chi connectivity index (χ4n) is 1.42. The van der Waals surface area contributed by atoms with Gasteiger partial charge in [0, 0.05) is 6.54 Å². The number of hydrogen-bond acceptors (Lipinski definition) is 5. The Morgan fingerprint density at radius 3 is 2.75 bits per heavy atom. The Morgan fingerprint density at radius 1 is 1.44 bits per heavy atom. The average molecular weight is 244 g/mol. The van der Waals surface area contributed by atoms with Crippen molar-refractivity contribution in [3.63, 3.8) is 0 Å². The average Bonchev–Trinajstić information content (AvgIpc) is 2.75. The van der Waals surface area contributed by atoms with E-state index >= 15 is 0 Å². The van der Waals surface area contributed by atoms with Crippen molar-refractivity contribution in [3.8, 4) is 5.75 Å². The van der Waals surface area contributed by atoms with Crippen LogP contribution in [-0.2, 0) is 14.9 Å². The Labute approximate surface area is 93.2 Å². The van der Waals surface area contributed by atoms with E-state index in [0.717, 1.165) is 4.47 Å². The molecule has 1 aliphatic heterocycles. The summed E-state index contributed by atoms with van der Waals surface area (Å²) in [6.45, 7) is 0.732. The van der Waals surface area contributed by atoms with Crippen LogP contribution in [0, 0.1) is 0 Å². The van der Waals surface area contributed by atoms with E-state index in [1.54, 1.807) is 0 Å². The van der Waals surface area contributed by atoms with Crippen LogP contribution in [0.1, 0.15) is 6.42 Å². The SMILES string of the molecule is Nc1cc(S(=O)(=O)N2CCCO2)ccc1O. The summed E-state index contributed by atoms with van der Waals surface area (Å²) < 4.78 is 24.9. The van der Waals surface area contributed by atoms with E-state index in [2.05, 4.69) is 0 Å². The van der Waals surface area contributed by atoms with Crippen LogP contribution in [0.2, 0.25) is 0 Å². The number of nitrogens with two attached hydrogens (primary N) is 1. The van der Waals surface area contributed by atoms with Gasteiger partial charge in [-0.15, -0.1) is 0 Å². The van der Waals surface area contributed by atoms with E-state index in [-0.39, 0.29) is 16.3 Å². The third kappa shape index (κ3) is 1.84. The second kappa shape index (κ2) is 3.93. The molecule has 2 rings (SSSR count). The van der Waals surface area contributed by atoms with Gasteiger partial charge in [0.2, 0.25) is 0 Å². The molecule has 1 saturated heterocycles. The Hall–Kier alpha value is -1.31. The van der Waals surface area contributed by atoms with Gasteiger partial charge in [-0.2, -0.15) is 0 Å². The van der Waals surface area contributed by atoms with Crippen LogP contribution in [0.5, 0.6) is 5.75 Å². The number of hydroxylamine groups is 1. The van der Waals surface area contributed by atoms with E-state index in [1.807, 2.05) is 0 Å². The maximum atomic E-state index is 12.0. The number of hydrogen-bond donors (Lipinski definition) is 2. The fourth-order valence-corrected chi connectivity index (χ4v) is 2.76. The zero-order valence-corrected chi connectivity index (χ0v) is 9.27. The molecule has 0 amide bonds. The van der Waals surface area contributed by atoms with Gasteiger partial charge in [-0.05, 0) is 24.6 Å². The number of phenolic OH excluding ortho intramolecular Hbond substituents is 1. The number of sulfonamides is 1. The molecule has 1 aliphatic rings. The van der Waals surface area contributed by atoms with Crippen LogP contribution in [0.25, 0.3) is 0 Å². The second-order valence-corrected chi connectivity index (χ2v) is 5.27. The first-order chi connectivity index (χ1) is 7.51. The molecular formula is C9H12N2O4S.